The molecular weight excluding hydrogens is 1300 g/mol. The molecule has 3 aromatic carbocycles. The van der Waals surface area contributed by atoms with Crippen LogP contribution in [0.25, 0.3) is 0 Å². The van der Waals surface area contributed by atoms with Gasteiger partial charge in [0.2, 0.25) is 0 Å². The van der Waals surface area contributed by atoms with Gasteiger partial charge in [-0.3, -0.25) is 9.59 Å². The summed E-state index contributed by atoms with van der Waals surface area (Å²) in [6.07, 6.45) is 9.74. The molecule has 482 valence electrons. The fourth-order valence-electron chi connectivity index (χ4n) is 13.0. The van der Waals surface area contributed by atoms with Gasteiger partial charge in [-0.05, 0) is 73.9 Å². The van der Waals surface area contributed by atoms with E-state index in [1.54, 1.807) is 78.7 Å². The molecule has 6 aromatic rings. The minimum Gasteiger partial charge on any atom is -0.478 e. The zero-order valence-electron chi connectivity index (χ0n) is 50.1. The Morgan fingerprint density at radius 1 is 0.440 bits per heavy atom. The molecule has 6 saturated heterocycles. The number of carbonyl (C=O) groups excluding carboxylic acids is 2. The number of piperidine rings is 3. The van der Waals surface area contributed by atoms with E-state index in [9.17, 15) is 19.5 Å². The van der Waals surface area contributed by atoms with Crippen LogP contribution in [0.3, 0.4) is 0 Å². The van der Waals surface area contributed by atoms with Crippen molar-refractivity contribution < 1.29 is 47.9 Å². The average Bonchev–Trinajstić information content (AvgIpc) is 1.79. The van der Waals surface area contributed by atoms with Gasteiger partial charge in [-0.25, -0.2) is 18.8 Å². The monoisotopic (exact) mass is 1360 g/mol. The lowest BCUT2D eigenvalue weighted by Crippen LogP contribution is -2.48. The third-order valence-electron chi connectivity index (χ3n) is 17.6. The molecule has 6 fully saturated rings. The Kier molecular flexibility index (Phi) is 19.5. The van der Waals surface area contributed by atoms with Gasteiger partial charge in [0.1, 0.15) is 35.6 Å². The molecule has 9 aliphatic heterocycles. The number of carboxylic acids is 1. The second kappa shape index (κ2) is 27.4. The van der Waals surface area contributed by atoms with E-state index < -0.39 is 35.7 Å². The number of nitrogens with one attached hydrogen (secondary N) is 4. The highest BCUT2D eigenvalue weighted by Crippen LogP contribution is 2.43. The Bertz CT molecular complexity index is 3640. The number of carbonyl (C=O) groups is 3. The van der Waals surface area contributed by atoms with Gasteiger partial charge in [0.25, 0.3) is 11.8 Å². The fourth-order valence-corrected chi connectivity index (χ4v) is 13.9. The van der Waals surface area contributed by atoms with E-state index >= 15 is 0 Å². The summed E-state index contributed by atoms with van der Waals surface area (Å²) in [6, 6.07) is 20.2. The largest absolute Gasteiger partial charge is 0.478 e. The van der Waals surface area contributed by atoms with Crippen molar-refractivity contribution in [3.63, 3.8) is 0 Å². The molecule has 3 unspecified atom stereocenters. The van der Waals surface area contributed by atoms with Crippen LogP contribution in [0.15, 0.2) is 125 Å². The third-order valence-corrected chi connectivity index (χ3v) is 19.8. The molecule has 3 aromatic heterocycles. The molecule has 3 spiro atoms. The maximum Gasteiger partial charge on any atom is 0.335 e. The molecule has 15 rings (SSSR count). The number of hydrogen-bond donors (Lipinski definition) is 5. The molecule has 91 heavy (non-hydrogen) atoms. The number of halogens is 6. The first-order chi connectivity index (χ1) is 43.8. The number of aromatic nitrogens is 6. The molecule has 22 nitrogen and oxygen atoms in total. The fraction of sp³-hybridized carbons (Fsp3) is 0.429. The normalized spacial score (nSPS) is 22.5. The van der Waals surface area contributed by atoms with Gasteiger partial charge >= 0.3 is 5.97 Å². The van der Waals surface area contributed by atoms with E-state index in [1.165, 1.54) is 0 Å². The van der Waals surface area contributed by atoms with Crippen molar-refractivity contribution in [3.8, 4) is 0 Å². The molecule has 0 radical (unpaired) electrons. The molecular formula is C63H68Cl6N12O10. The zero-order chi connectivity index (χ0) is 63.8. The quantitative estimate of drug-likeness (QED) is 0.104. The van der Waals surface area contributed by atoms with Crippen molar-refractivity contribution in [1.29, 1.82) is 0 Å². The highest BCUT2D eigenvalue weighted by molar-refractivity contribution is 6.43. The van der Waals surface area contributed by atoms with Crippen molar-refractivity contribution in [2.75, 3.05) is 94.9 Å². The lowest BCUT2D eigenvalue weighted by atomic mass is 9.93. The summed E-state index contributed by atoms with van der Waals surface area (Å²) >= 11 is 36.8. The number of allylic oxidation sites excluding steroid dienone is 3. The number of nitrogens with zero attached hydrogens (tertiary/aromatic N) is 8. The molecule has 28 heteroatoms. The Balaban J connectivity index is 0.000000124. The predicted octanol–water partition coefficient (Wildman–Crippen LogP) is 11.4. The molecule has 12 heterocycles. The van der Waals surface area contributed by atoms with Gasteiger partial charge in [0.15, 0.2) is 17.4 Å². The summed E-state index contributed by atoms with van der Waals surface area (Å²) in [5, 5.41) is 38.3. The summed E-state index contributed by atoms with van der Waals surface area (Å²) in [7, 11) is 0. The Hall–Kier alpha value is -6.22. The number of likely N-dealkylation sites (tertiary alicyclic amines) is 2. The van der Waals surface area contributed by atoms with E-state index in [-0.39, 0.29) is 23.2 Å². The summed E-state index contributed by atoms with van der Waals surface area (Å²) in [5.41, 5.74) is 6.13. The maximum absolute atomic E-state index is 13.7. The van der Waals surface area contributed by atoms with Crippen molar-refractivity contribution >= 4 is 105 Å². The summed E-state index contributed by atoms with van der Waals surface area (Å²) < 4.78 is 39.5. The van der Waals surface area contributed by atoms with Crippen LogP contribution in [0, 0.1) is 0 Å². The van der Waals surface area contributed by atoms with Crippen LogP contribution in [0.5, 0.6) is 0 Å². The van der Waals surface area contributed by atoms with Crippen LogP contribution in [0.4, 0.5) is 17.5 Å². The van der Waals surface area contributed by atoms with E-state index in [4.69, 9.17) is 98.0 Å². The second-order valence-corrected chi connectivity index (χ2v) is 25.6. The van der Waals surface area contributed by atoms with Crippen molar-refractivity contribution in [1.82, 2.24) is 44.5 Å². The minimum absolute atomic E-state index is 0.0231. The Labute approximate surface area is 555 Å². The van der Waals surface area contributed by atoms with Gasteiger partial charge in [0, 0.05) is 113 Å². The molecule has 5 N–H and O–H groups in total. The first-order valence-electron chi connectivity index (χ1n) is 30.1. The van der Waals surface area contributed by atoms with E-state index in [1.807, 2.05) is 57.3 Å². The number of benzene rings is 3. The van der Waals surface area contributed by atoms with Crippen LogP contribution in [-0.4, -0.2) is 158 Å². The summed E-state index contributed by atoms with van der Waals surface area (Å²) in [4.78, 5) is 42.7. The van der Waals surface area contributed by atoms with Crippen molar-refractivity contribution in [3.05, 3.63) is 172 Å². The van der Waals surface area contributed by atoms with Gasteiger partial charge < -0.3 is 64.6 Å². The van der Waals surface area contributed by atoms with Crippen LogP contribution in [-0.2, 0) is 42.8 Å². The number of rotatable bonds is 6. The van der Waals surface area contributed by atoms with Crippen LogP contribution >= 0.6 is 69.6 Å². The standard InChI is InChI=1S/2C21H22Cl2N4O3.C14H11Cl2N3O2.C7H13NO2/c2*1-13-18(20(28)26-8-5-21(6-9-26)29-10-11-30-21)19(27-17(25-13)4-7-24-27)14-2-3-15(22)16(23)12-14;1-7-12(14(20)21)13(19-11(18-7)4-5-17-19)8-2-3-9(15)10(16)6-8;1-3-8-4-2-7(1)9-5-6-10-7/h2*2-4,7,12,19,25H,5-6,8-11H2,1H3;2-6,13,18H,1H3,(H,20,21);8H,1-6H2. The number of carboxylic acid groups (broad SMARTS) is 1. The number of hydrogen-bond acceptors (Lipinski definition) is 16. The highest BCUT2D eigenvalue weighted by Gasteiger charge is 2.46. The number of aliphatic carboxylic acids is 1. The molecule has 9 aliphatic rings. The molecule has 0 bridgehead atoms. The lowest BCUT2D eigenvalue weighted by Gasteiger charge is -2.39. The SMILES string of the molecule is C1CC2(CCN1)OCCO2.CC1=C(C(=O)N2CCC3(CC2)OCCO3)C(c2ccc(Cl)c(Cl)c2)n2nccc2N1.CC1=C(C(=O)N2CCC3(CC2)OCCO3)C(c2ccc(Cl)c(Cl)c2)n2nccc2N1.CC1=C(C(=O)O)C(c2ccc(Cl)c(Cl)c2)n2nccc2N1. The van der Waals surface area contributed by atoms with Gasteiger partial charge in [-0.1, -0.05) is 87.8 Å². The second-order valence-electron chi connectivity index (χ2n) is 23.2. The lowest BCUT2D eigenvalue weighted by molar-refractivity contribution is -0.187. The van der Waals surface area contributed by atoms with Gasteiger partial charge in [-0.2, -0.15) is 15.3 Å². The number of ether oxygens (including phenoxy) is 6. The van der Waals surface area contributed by atoms with Crippen molar-refractivity contribution in [2.45, 2.75) is 94.8 Å². The minimum atomic E-state index is -1.00. The predicted molar refractivity (Wildman–Crippen MR) is 345 cm³/mol. The molecule has 2 amide bonds. The number of amides is 2. The van der Waals surface area contributed by atoms with Crippen molar-refractivity contribution in [2.24, 2.45) is 0 Å². The zero-order valence-corrected chi connectivity index (χ0v) is 54.6. The molecule has 0 saturated carbocycles. The number of anilines is 3. The van der Waals surface area contributed by atoms with Gasteiger partial charge in [0.05, 0.1) is 105 Å². The molecule has 3 atom stereocenters. The third kappa shape index (κ3) is 13.5. The Morgan fingerprint density at radius 3 is 1.04 bits per heavy atom. The van der Waals surface area contributed by atoms with Gasteiger partial charge in [-0.15, -0.1) is 0 Å². The average molecular weight is 1370 g/mol. The maximum atomic E-state index is 13.7. The smallest absolute Gasteiger partial charge is 0.335 e. The van der Waals surface area contributed by atoms with Crippen LogP contribution in [0.2, 0.25) is 30.1 Å². The van der Waals surface area contributed by atoms with E-state index in [0.717, 1.165) is 79.1 Å². The van der Waals surface area contributed by atoms with E-state index in [2.05, 4.69) is 36.6 Å². The topological polar surface area (TPSA) is 235 Å². The summed E-state index contributed by atoms with van der Waals surface area (Å²) in [5.74, 6) is 0.0922. The first kappa shape index (κ1) is 64.9. The molecule has 0 aliphatic carbocycles. The van der Waals surface area contributed by atoms with Crippen LogP contribution in [0.1, 0.15) is 94.1 Å². The Morgan fingerprint density at radius 2 is 0.736 bits per heavy atom. The first-order valence-corrected chi connectivity index (χ1v) is 32.4. The van der Waals surface area contributed by atoms with E-state index in [0.29, 0.717) is 131 Å². The number of fused-ring (bicyclic) bond motifs is 3. The summed E-state index contributed by atoms with van der Waals surface area (Å²) in [6.45, 7) is 14.0. The highest BCUT2D eigenvalue weighted by atomic mass is 35.5. The van der Waals surface area contributed by atoms with Crippen LogP contribution < -0.4 is 21.3 Å².